The van der Waals surface area contributed by atoms with E-state index < -0.39 is 0 Å². The topological polar surface area (TPSA) is 21.7 Å². The van der Waals surface area contributed by atoms with Crippen LogP contribution in [0.5, 0.6) is 0 Å². The van der Waals surface area contributed by atoms with Gasteiger partial charge in [-0.3, -0.25) is 4.90 Å². The second kappa shape index (κ2) is 7.12. The minimum atomic E-state index is -0.284. The molecule has 0 amide bonds. The van der Waals surface area contributed by atoms with Crippen LogP contribution in [0.2, 0.25) is 0 Å². The smallest absolute Gasteiger partial charge is 0.177 e. The number of fused-ring (bicyclic) bond motifs is 2. The molecule has 2 aromatic rings. The van der Waals surface area contributed by atoms with Crippen LogP contribution in [0.3, 0.4) is 0 Å². The fourth-order valence-corrected chi connectivity index (χ4v) is 3.99. The number of ether oxygens (including phenoxy) is 2. The number of nitrogens with zero attached hydrogens (tertiary/aromatic N) is 1. The monoisotopic (exact) mass is 335 g/mol. The number of hydrogen-bond acceptors (Lipinski definition) is 3. The molecule has 0 aromatic heterocycles. The van der Waals surface area contributed by atoms with E-state index >= 15 is 0 Å². The molecule has 1 unspecified atom stereocenters. The predicted molar refractivity (Wildman–Crippen MR) is 100.0 cm³/mol. The molecule has 130 valence electrons. The Bertz CT molecular complexity index is 733. The van der Waals surface area contributed by atoms with Crippen molar-refractivity contribution in [1.29, 1.82) is 0 Å². The molecule has 1 saturated heterocycles. The Morgan fingerprint density at radius 3 is 2.52 bits per heavy atom. The maximum absolute atomic E-state index is 6.48. The first-order chi connectivity index (χ1) is 12.3. The maximum atomic E-state index is 6.48. The number of likely N-dealkylation sites (tertiary alicyclic amines) is 1. The SMILES string of the molecule is COC1C=Cc2ccccc2C2(CCN(Cc3ccccc3)CC2)O1. The zero-order chi connectivity index (χ0) is 17.1. The summed E-state index contributed by atoms with van der Waals surface area (Å²) in [6.07, 6.45) is 5.84. The van der Waals surface area contributed by atoms with Crippen molar-refractivity contribution in [3.05, 3.63) is 77.4 Å². The third kappa shape index (κ3) is 3.40. The molecule has 25 heavy (non-hydrogen) atoms. The molecule has 2 aliphatic heterocycles. The van der Waals surface area contributed by atoms with Crippen LogP contribution in [-0.4, -0.2) is 31.4 Å². The van der Waals surface area contributed by atoms with E-state index in [2.05, 4.69) is 65.6 Å². The highest BCUT2D eigenvalue weighted by molar-refractivity contribution is 5.57. The summed E-state index contributed by atoms with van der Waals surface area (Å²) in [6.45, 7) is 3.06. The highest BCUT2D eigenvalue weighted by atomic mass is 16.7. The molecule has 2 aliphatic rings. The van der Waals surface area contributed by atoms with E-state index in [0.29, 0.717) is 0 Å². The summed E-state index contributed by atoms with van der Waals surface area (Å²) in [5.74, 6) is 0. The van der Waals surface area contributed by atoms with Crippen molar-refractivity contribution < 1.29 is 9.47 Å². The summed E-state index contributed by atoms with van der Waals surface area (Å²) in [4.78, 5) is 2.52. The van der Waals surface area contributed by atoms with Crippen molar-refractivity contribution in [2.24, 2.45) is 0 Å². The fraction of sp³-hybridized carbons (Fsp3) is 0.364. The van der Waals surface area contributed by atoms with Crippen LogP contribution in [-0.2, 0) is 21.6 Å². The lowest BCUT2D eigenvalue weighted by molar-refractivity contribution is -0.196. The predicted octanol–water partition coefficient (Wildman–Crippen LogP) is 4.19. The van der Waals surface area contributed by atoms with E-state index in [4.69, 9.17) is 9.47 Å². The molecule has 4 rings (SSSR count). The summed E-state index contributed by atoms with van der Waals surface area (Å²) in [7, 11) is 1.71. The van der Waals surface area contributed by atoms with Crippen molar-refractivity contribution in [3.8, 4) is 0 Å². The van der Waals surface area contributed by atoms with Gasteiger partial charge in [-0.15, -0.1) is 0 Å². The Hall–Kier alpha value is -1.94. The van der Waals surface area contributed by atoms with Gasteiger partial charge in [0.2, 0.25) is 0 Å². The van der Waals surface area contributed by atoms with Gasteiger partial charge in [0.25, 0.3) is 0 Å². The van der Waals surface area contributed by atoms with Gasteiger partial charge in [0.05, 0.1) is 5.60 Å². The zero-order valence-corrected chi connectivity index (χ0v) is 14.7. The highest BCUT2D eigenvalue weighted by Crippen LogP contribution is 2.42. The molecule has 1 spiro atoms. The van der Waals surface area contributed by atoms with Gasteiger partial charge in [0.15, 0.2) is 6.29 Å². The Balaban J connectivity index is 1.54. The molecule has 1 fully saturated rings. The van der Waals surface area contributed by atoms with E-state index in [9.17, 15) is 0 Å². The van der Waals surface area contributed by atoms with E-state index in [1.165, 1.54) is 16.7 Å². The van der Waals surface area contributed by atoms with Crippen LogP contribution in [0, 0.1) is 0 Å². The zero-order valence-electron chi connectivity index (χ0n) is 14.7. The molecule has 2 aromatic carbocycles. The average molecular weight is 335 g/mol. The van der Waals surface area contributed by atoms with Crippen molar-refractivity contribution in [1.82, 2.24) is 4.90 Å². The van der Waals surface area contributed by atoms with Gasteiger partial charge in [0.1, 0.15) is 0 Å². The van der Waals surface area contributed by atoms with Gasteiger partial charge in [0, 0.05) is 26.7 Å². The minimum Gasteiger partial charge on any atom is -0.352 e. The summed E-state index contributed by atoms with van der Waals surface area (Å²) in [6, 6.07) is 19.3. The molecular weight excluding hydrogens is 310 g/mol. The number of piperidine rings is 1. The maximum Gasteiger partial charge on any atom is 0.177 e. The molecule has 2 heterocycles. The van der Waals surface area contributed by atoms with Crippen LogP contribution < -0.4 is 0 Å². The van der Waals surface area contributed by atoms with Crippen LogP contribution >= 0.6 is 0 Å². The summed E-state index contributed by atoms with van der Waals surface area (Å²) >= 11 is 0. The average Bonchev–Trinajstić information content (AvgIpc) is 2.82. The number of rotatable bonds is 3. The third-order valence-electron chi connectivity index (χ3n) is 5.37. The highest BCUT2D eigenvalue weighted by Gasteiger charge is 2.41. The van der Waals surface area contributed by atoms with Crippen LogP contribution in [0.25, 0.3) is 6.08 Å². The quantitative estimate of drug-likeness (QED) is 0.839. The van der Waals surface area contributed by atoms with Crippen molar-refractivity contribution in [3.63, 3.8) is 0 Å². The minimum absolute atomic E-state index is 0.256. The lowest BCUT2D eigenvalue weighted by Crippen LogP contribution is -2.45. The van der Waals surface area contributed by atoms with Gasteiger partial charge in [-0.2, -0.15) is 0 Å². The molecule has 1 atom stereocenters. The van der Waals surface area contributed by atoms with Gasteiger partial charge in [-0.25, -0.2) is 0 Å². The molecule has 0 saturated carbocycles. The molecular formula is C22H25NO2. The van der Waals surface area contributed by atoms with Crippen molar-refractivity contribution in [2.45, 2.75) is 31.3 Å². The number of benzene rings is 2. The Kier molecular flexibility index (Phi) is 4.71. The summed E-state index contributed by atoms with van der Waals surface area (Å²) in [5.41, 5.74) is 3.66. The lowest BCUT2D eigenvalue weighted by atomic mass is 9.81. The van der Waals surface area contributed by atoms with Gasteiger partial charge < -0.3 is 9.47 Å². The van der Waals surface area contributed by atoms with E-state index in [0.717, 1.165) is 32.5 Å². The van der Waals surface area contributed by atoms with E-state index in [1.54, 1.807) is 7.11 Å². The van der Waals surface area contributed by atoms with Gasteiger partial charge in [-0.05, 0) is 35.6 Å². The van der Waals surface area contributed by atoms with Crippen LogP contribution in [0.15, 0.2) is 60.7 Å². The Labute approximate surface area is 149 Å². The second-order valence-electron chi connectivity index (χ2n) is 6.92. The first kappa shape index (κ1) is 16.5. The molecule has 3 nitrogen and oxygen atoms in total. The van der Waals surface area contributed by atoms with Gasteiger partial charge in [-0.1, -0.05) is 60.7 Å². The van der Waals surface area contributed by atoms with Crippen LogP contribution in [0.4, 0.5) is 0 Å². The first-order valence-corrected chi connectivity index (χ1v) is 9.04. The number of methoxy groups -OCH3 is 1. The Morgan fingerprint density at radius 2 is 1.76 bits per heavy atom. The normalized spacial score (nSPS) is 22.5. The van der Waals surface area contributed by atoms with Crippen LogP contribution in [0.1, 0.15) is 29.5 Å². The third-order valence-corrected chi connectivity index (χ3v) is 5.37. The van der Waals surface area contributed by atoms with E-state index in [1.807, 2.05) is 6.08 Å². The van der Waals surface area contributed by atoms with Gasteiger partial charge >= 0.3 is 0 Å². The largest absolute Gasteiger partial charge is 0.352 e. The molecule has 0 bridgehead atoms. The summed E-state index contributed by atoms with van der Waals surface area (Å²) in [5, 5.41) is 0. The van der Waals surface area contributed by atoms with E-state index in [-0.39, 0.29) is 11.9 Å². The first-order valence-electron chi connectivity index (χ1n) is 9.04. The Morgan fingerprint density at radius 1 is 1.04 bits per heavy atom. The lowest BCUT2D eigenvalue weighted by Gasteiger charge is -2.43. The standard InChI is InChI=1S/C22H25NO2/c1-24-21-12-11-19-9-5-6-10-20(19)22(25-21)13-15-23(16-14-22)17-18-7-3-2-4-8-18/h2-12,21H,13-17H2,1H3. The molecule has 3 heteroatoms. The molecule has 0 N–H and O–H groups in total. The second-order valence-corrected chi connectivity index (χ2v) is 6.92. The van der Waals surface area contributed by atoms with Crippen molar-refractivity contribution >= 4 is 6.08 Å². The number of hydrogen-bond donors (Lipinski definition) is 0. The van der Waals surface area contributed by atoms with Crippen molar-refractivity contribution in [2.75, 3.05) is 20.2 Å². The fourth-order valence-electron chi connectivity index (χ4n) is 3.99. The molecule has 0 radical (unpaired) electrons. The molecule has 0 aliphatic carbocycles. The summed E-state index contributed by atoms with van der Waals surface area (Å²) < 4.78 is 12.0.